The molecule has 3 rings (SSSR count). The largest absolute Gasteiger partial charge is 0.378 e. The molecule has 24 heavy (non-hydrogen) atoms. The maximum Gasteiger partial charge on any atom is 0.280 e. The molecule has 3 aromatic rings. The molecule has 0 saturated carbocycles. The van der Waals surface area contributed by atoms with Gasteiger partial charge in [0.05, 0.1) is 12.3 Å². The molecule has 0 spiro atoms. The Bertz CT molecular complexity index is 830. The molecule has 0 fully saturated rings. The van der Waals surface area contributed by atoms with Crippen LogP contribution in [0, 0.1) is 0 Å². The van der Waals surface area contributed by atoms with Crippen LogP contribution < -0.4 is 5.32 Å². The van der Waals surface area contributed by atoms with E-state index < -0.39 is 0 Å². The number of nitrogens with one attached hydrogen (secondary N) is 1. The second kappa shape index (κ2) is 7.28. The molecule has 8 nitrogen and oxygen atoms in total. The number of hydrogen-bond acceptors (Lipinski definition) is 7. The standard InChI is InChI=1S/C15H16N6O2S/c1-3-12-17-19-15(24-12)16-14(22)13-11(9-23-2)21(20-18-13)10-7-5-4-6-8-10/h4-8H,3,9H2,1-2H3,(H,16,19,22). The van der Waals surface area contributed by atoms with Crippen LogP contribution in [0.25, 0.3) is 5.69 Å². The van der Waals surface area contributed by atoms with Gasteiger partial charge in [0.1, 0.15) is 10.7 Å². The smallest absolute Gasteiger partial charge is 0.280 e. The Morgan fingerprint density at radius 2 is 2.04 bits per heavy atom. The topological polar surface area (TPSA) is 94.8 Å². The lowest BCUT2D eigenvalue weighted by molar-refractivity contribution is 0.101. The van der Waals surface area contributed by atoms with Crippen molar-refractivity contribution in [2.24, 2.45) is 0 Å². The zero-order chi connectivity index (χ0) is 16.9. The van der Waals surface area contributed by atoms with E-state index in [1.54, 1.807) is 11.8 Å². The summed E-state index contributed by atoms with van der Waals surface area (Å²) < 4.78 is 6.80. The predicted octanol–water partition coefficient (Wildman–Crippen LogP) is 2.08. The van der Waals surface area contributed by atoms with Crippen LogP contribution >= 0.6 is 11.3 Å². The predicted molar refractivity (Wildman–Crippen MR) is 89.3 cm³/mol. The SMILES string of the molecule is CCc1nnc(NC(=O)c2nnn(-c3ccccc3)c2COC)s1. The molecule has 9 heteroatoms. The highest BCUT2D eigenvalue weighted by Crippen LogP contribution is 2.18. The van der Waals surface area contributed by atoms with Crippen molar-refractivity contribution in [3.05, 3.63) is 46.7 Å². The first-order valence-corrected chi connectivity index (χ1v) is 8.17. The summed E-state index contributed by atoms with van der Waals surface area (Å²) in [6.07, 6.45) is 0.770. The first-order valence-electron chi connectivity index (χ1n) is 7.35. The van der Waals surface area contributed by atoms with E-state index in [0.717, 1.165) is 17.1 Å². The van der Waals surface area contributed by atoms with Crippen molar-refractivity contribution in [3.8, 4) is 5.69 Å². The van der Waals surface area contributed by atoms with Crippen LogP contribution in [-0.2, 0) is 17.8 Å². The van der Waals surface area contributed by atoms with E-state index in [0.29, 0.717) is 10.8 Å². The Kier molecular flexibility index (Phi) is 4.92. The van der Waals surface area contributed by atoms with Crippen molar-refractivity contribution in [2.75, 3.05) is 12.4 Å². The van der Waals surface area contributed by atoms with Crippen LogP contribution in [0.1, 0.15) is 28.1 Å². The molecule has 0 bridgehead atoms. The summed E-state index contributed by atoms with van der Waals surface area (Å²) in [5.41, 5.74) is 1.58. The molecule has 0 atom stereocenters. The third-order valence-electron chi connectivity index (χ3n) is 3.25. The van der Waals surface area contributed by atoms with Crippen LogP contribution in [0.5, 0.6) is 0 Å². The highest BCUT2D eigenvalue weighted by atomic mass is 32.1. The quantitative estimate of drug-likeness (QED) is 0.736. The van der Waals surface area contributed by atoms with Gasteiger partial charge in [0.25, 0.3) is 5.91 Å². The minimum absolute atomic E-state index is 0.203. The molecular formula is C15H16N6O2S. The summed E-state index contributed by atoms with van der Waals surface area (Å²) in [7, 11) is 1.56. The van der Waals surface area contributed by atoms with Crippen molar-refractivity contribution < 1.29 is 9.53 Å². The monoisotopic (exact) mass is 344 g/mol. The van der Waals surface area contributed by atoms with Crippen LogP contribution in [0.2, 0.25) is 0 Å². The Morgan fingerprint density at radius 1 is 1.25 bits per heavy atom. The van der Waals surface area contributed by atoms with Gasteiger partial charge in [-0.3, -0.25) is 10.1 Å². The van der Waals surface area contributed by atoms with E-state index in [2.05, 4.69) is 25.8 Å². The van der Waals surface area contributed by atoms with Crippen LogP contribution in [0.15, 0.2) is 30.3 Å². The minimum Gasteiger partial charge on any atom is -0.378 e. The number of para-hydroxylation sites is 1. The van der Waals surface area contributed by atoms with Crippen molar-refractivity contribution in [3.63, 3.8) is 0 Å². The molecular weight excluding hydrogens is 328 g/mol. The molecule has 0 radical (unpaired) electrons. The second-order valence-electron chi connectivity index (χ2n) is 4.87. The first kappa shape index (κ1) is 16.2. The first-order chi connectivity index (χ1) is 11.7. The zero-order valence-electron chi connectivity index (χ0n) is 13.3. The van der Waals surface area contributed by atoms with E-state index in [1.165, 1.54) is 11.3 Å². The van der Waals surface area contributed by atoms with Crippen LogP contribution in [0.4, 0.5) is 5.13 Å². The van der Waals surface area contributed by atoms with Crippen molar-refractivity contribution in [1.29, 1.82) is 0 Å². The van der Waals surface area contributed by atoms with Gasteiger partial charge in [-0.1, -0.05) is 41.7 Å². The Morgan fingerprint density at radius 3 is 2.71 bits per heavy atom. The molecule has 1 amide bonds. The molecule has 124 valence electrons. The molecule has 2 aromatic heterocycles. The molecule has 2 heterocycles. The summed E-state index contributed by atoms with van der Waals surface area (Å²) in [6.45, 7) is 2.19. The number of benzene rings is 1. The summed E-state index contributed by atoms with van der Waals surface area (Å²) in [5.74, 6) is -0.386. The van der Waals surface area contributed by atoms with Gasteiger partial charge in [0.15, 0.2) is 5.69 Å². The van der Waals surface area contributed by atoms with Crippen molar-refractivity contribution in [2.45, 2.75) is 20.0 Å². The van der Waals surface area contributed by atoms with E-state index >= 15 is 0 Å². The number of methoxy groups -OCH3 is 1. The van der Waals surface area contributed by atoms with Crippen LogP contribution in [-0.4, -0.2) is 38.2 Å². The summed E-state index contributed by atoms with van der Waals surface area (Å²) >= 11 is 1.34. The zero-order valence-corrected chi connectivity index (χ0v) is 14.1. The lowest BCUT2D eigenvalue weighted by Gasteiger charge is -2.06. The van der Waals surface area contributed by atoms with Gasteiger partial charge in [0, 0.05) is 7.11 Å². The van der Waals surface area contributed by atoms with Gasteiger partial charge in [-0.05, 0) is 18.6 Å². The van der Waals surface area contributed by atoms with Gasteiger partial charge < -0.3 is 4.74 Å². The highest BCUT2D eigenvalue weighted by molar-refractivity contribution is 7.15. The lowest BCUT2D eigenvalue weighted by Crippen LogP contribution is -2.16. The van der Waals surface area contributed by atoms with E-state index in [1.807, 2.05) is 37.3 Å². The molecule has 0 aliphatic heterocycles. The fourth-order valence-corrected chi connectivity index (χ4v) is 2.80. The average molecular weight is 344 g/mol. The van der Waals surface area contributed by atoms with Gasteiger partial charge in [-0.2, -0.15) is 0 Å². The van der Waals surface area contributed by atoms with Crippen LogP contribution in [0.3, 0.4) is 0 Å². The molecule has 0 saturated heterocycles. The Hall–Kier alpha value is -2.65. The summed E-state index contributed by atoms with van der Waals surface area (Å²) in [6, 6.07) is 9.45. The van der Waals surface area contributed by atoms with Gasteiger partial charge in [0.2, 0.25) is 5.13 Å². The molecule has 0 aliphatic carbocycles. The minimum atomic E-state index is -0.386. The van der Waals surface area contributed by atoms with Gasteiger partial charge in [-0.15, -0.1) is 15.3 Å². The number of aryl methyl sites for hydroxylation is 1. The number of nitrogens with zero attached hydrogens (tertiary/aromatic N) is 5. The van der Waals surface area contributed by atoms with E-state index in [-0.39, 0.29) is 18.2 Å². The Labute approximate surface area is 142 Å². The van der Waals surface area contributed by atoms with E-state index in [9.17, 15) is 4.79 Å². The number of anilines is 1. The third-order valence-corrected chi connectivity index (χ3v) is 4.23. The van der Waals surface area contributed by atoms with Crippen molar-refractivity contribution >= 4 is 22.4 Å². The molecule has 1 aromatic carbocycles. The summed E-state index contributed by atoms with van der Waals surface area (Å²) in [5, 5.41) is 20.0. The maximum absolute atomic E-state index is 12.5. The molecule has 0 unspecified atom stereocenters. The number of carbonyl (C=O) groups excluding carboxylic acids is 1. The number of amides is 1. The van der Waals surface area contributed by atoms with Crippen molar-refractivity contribution in [1.82, 2.24) is 25.2 Å². The highest BCUT2D eigenvalue weighted by Gasteiger charge is 2.21. The van der Waals surface area contributed by atoms with Gasteiger partial charge in [-0.25, -0.2) is 4.68 Å². The third kappa shape index (κ3) is 3.31. The normalized spacial score (nSPS) is 10.8. The number of hydrogen-bond donors (Lipinski definition) is 1. The fraction of sp³-hybridized carbons (Fsp3) is 0.267. The summed E-state index contributed by atoms with van der Waals surface area (Å²) in [4.78, 5) is 12.5. The number of carbonyl (C=O) groups is 1. The van der Waals surface area contributed by atoms with E-state index in [4.69, 9.17) is 4.74 Å². The number of aromatic nitrogens is 5. The molecule has 1 N–H and O–H groups in total. The lowest BCUT2D eigenvalue weighted by atomic mass is 10.2. The fourth-order valence-electron chi connectivity index (χ4n) is 2.12. The maximum atomic E-state index is 12.5. The Balaban J connectivity index is 1.89. The molecule has 0 aliphatic rings. The van der Waals surface area contributed by atoms with Gasteiger partial charge >= 0.3 is 0 Å². The number of rotatable bonds is 6. The second-order valence-corrected chi connectivity index (χ2v) is 5.94. The average Bonchev–Trinajstić information content (AvgIpc) is 3.23. The number of ether oxygens (including phenoxy) is 1.